The molecule has 0 spiro atoms. The van der Waals surface area contributed by atoms with Crippen molar-refractivity contribution >= 4 is 16.5 Å². The topological polar surface area (TPSA) is 28.2 Å². The number of anilines is 1. The molecule has 0 atom stereocenters. The van der Waals surface area contributed by atoms with Gasteiger partial charge in [0.15, 0.2) is 5.13 Å². The molecule has 0 radical (unpaired) electrons. The summed E-state index contributed by atoms with van der Waals surface area (Å²) >= 11 is 1.48. The Kier molecular flexibility index (Phi) is 5.04. The van der Waals surface area contributed by atoms with E-state index in [9.17, 15) is 8.78 Å². The van der Waals surface area contributed by atoms with Crippen LogP contribution in [0.3, 0.4) is 0 Å². The summed E-state index contributed by atoms with van der Waals surface area (Å²) in [5.41, 5.74) is 0.907. The van der Waals surface area contributed by atoms with Crippen molar-refractivity contribution in [2.75, 3.05) is 25.5 Å². The number of rotatable bonds is 5. The van der Waals surface area contributed by atoms with E-state index in [1.165, 1.54) is 16.2 Å². The molecule has 18 heavy (non-hydrogen) atoms. The van der Waals surface area contributed by atoms with Crippen molar-refractivity contribution in [1.82, 2.24) is 10.3 Å². The van der Waals surface area contributed by atoms with Gasteiger partial charge in [0.1, 0.15) is 0 Å². The highest BCUT2D eigenvalue weighted by Crippen LogP contribution is 2.33. The molecule has 1 N–H and O–H groups in total. The lowest BCUT2D eigenvalue weighted by Gasteiger charge is -2.18. The largest absolute Gasteiger partial charge is 0.345 e. The van der Waals surface area contributed by atoms with Crippen LogP contribution in [0.4, 0.5) is 13.9 Å². The summed E-state index contributed by atoms with van der Waals surface area (Å²) < 4.78 is 24.8. The quantitative estimate of drug-likeness (QED) is 0.897. The summed E-state index contributed by atoms with van der Waals surface area (Å²) in [4.78, 5) is 7.15. The lowest BCUT2D eigenvalue weighted by molar-refractivity contribution is 0.156. The van der Waals surface area contributed by atoms with Gasteiger partial charge in [-0.05, 0) is 7.05 Å². The van der Waals surface area contributed by atoms with Crippen LogP contribution < -0.4 is 10.2 Å². The van der Waals surface area contributed by atoms with Crippen molar-refractivity contribution in [2.24, 2.45) is 0 Å². The Morgan fingerprint density at radius 3 is 2.44 bits per heavy atom. The third-order valence-corrected chi connectivity index (χ3v) is 3.64. The molecule has 1 aromatic heterocycles. The van der Waals surface area contributed by atoms with Crippen LogP contribution in [0, 0.1) is 0 Å². The van der Waals surface area contributed by atoms with Crippen LogP contribution >= 0.6 is 11.3 Å². The molecule has 1 aromatic rings. The van der Waals surface area contributed by atoms with Gasteiger partial charge >= 0.3 is 0 Å². The third-order valence-electron chi connectivity index (χ3n) is 2.47. The minimum Gasteiger partial charge on any atom is -0.345 e. The van der Waals surface area contributed by atoms with E-state index in [-0.39, 0.29) is 12.0 Å². The maximum atomic E-state index is 12.4. The smallest absolute Gasteiger partial charge is 0.255 e. The molecule has 0 aliphatic carbocycles. The van der Waals surface area contributed by atoms with Crippen LogP contribution in [-0.2, 0) is 12.0 Å². The van der Waals surface area contributed by atoms with Gasteiger partial charge in [-0.25, -0.2) is 13.8 Å². The predicted molar refractivity (Wildman–Crippen MR) is 72.9 cm³/mol. The molecule has 0 saturated heterocycles. The van der Waals surface area contributed by atoms with Gasteiger partial charge in [0.2, 0.25) is 0 Å². The maximum Gasteiger partial charge on any atom is 0.255 e. The van der Waals surface area contributed by atoms with Crippen molar-refractivity contribution in [3.8, 4) is 0 Å². The first kappa shape index (κ1) is 15.3. The Morgan fingerprint density at radius 2 is 2.00 bits per heavy atom. The number of nitrogens with one attached hydrogen (secondary N) is 1. The van der Waals surface area contributed by atoms with Gasteiger partial charge in [0, 0.05) is 23.9 Å². The van der Waals surface area contributed by atoms with Gasteiger partial charge < -0.3 is 10.2 Å². The van der Waals surface area contributed by atoms with Crippen LogP contribution in [-0.4, -0.2) is 32.0 Å². The zero-order chi connectivity index (χ0) is 13.9. The monoisotopic (exact) mass is 277 g/mol. The minimum atomic E-state index is -2.34. The number of halogens is 2. The molecule has 0 amide bonds. The molecule has 0 aliphatic rings. The van der Waals surface area contributed by atoms with E-state index >= 15 is 0 Å². The second-order valence-corrected chi connectivity index (χ2v) is 6.38. The van der Waals surface area contributed by atoms with Crippen LogP contribution in [0.1, 0.15) is 31.3 Å². The molecule has 0 bridgehead atoms. The van der Waals surface area contributed by atoms with Crippen molar-refractivity contribution in [3.63, 3.8) is 0 Å². The lowest BCUT2D eigenvalue weighted by Crippen LogP contribution is -2.24. The van der Waals surface area contributed by atoms with Crippen molar-refractivity contribution in [1.29, 1.82) is 0 Å². The first-order chi connectivity index (χ1) is 8.25. The Labute approximate surface area is 111 Å². The molecule has 0 aromatic carbocycles. The molecule has 1 rings (SSSR count). The highest BCUT2D eigenvalue weighted by atomic mass is 32.1. The number of alkyl halides is 2. The number of thiazole rings is 1. The standard InChI is InChI=1S/C12H21F2N3S/c1-12(2,3)10-8(6-15-4)18-11(16-10)17(5)7-9(13)14/h9,15H,6-7H2,1-5H3. The first-order valence-corrected chi connectivity index (χ1v) is 6.71. The summed E-state index contributed by atoms with van der Waals surface area (Å²) in [5.74, 6) is 0. The Morgan fingerprint density at radius 1 is 1.39 bits per heavy atom. The average Bonchev–Trinajstić information content (AvgIpc) is 2.60. The maximum absolute atomic E-state index is 12.4. The Bertz CT molecular complexity index is 385. The fourth-order valence-electron chi connectivity index (χ4n) is 1.65. The number of hydrogen-bond donors (Lipinski definition) is 1. The second kappa shape index (κ2) is 5.93. The molecule has 3 nitrogen and oxygen atoms in total. The van der Waals surface area contributed by atoms with Crippen LogP contribution in [0.2, 0.25) is 0 Å². The Hall–Kier alpha value is -0.750. The van der Waals surface area contributed by atoms with Gasteiger partial charge in [-0.15, -0.1) is 11.3 Å². The fourth-order valence-corrected chi connectivity index (χ4v) is 2.91. The summed E-state index contributed by atoms with van der Waals surface area (Å²) in [7, 11) is 3.52. The summed E-state index contributed by atoms with van der Waals surface area (Å²) in [6, 6.07) is 0. The number of aromatic nitrogens is 1. The molecule has 104 valence electrons. The van der Waals surface area contributed by atoms with Gasteiger partial charge in [0.05, 0.1) is 12.2 Å². The third kappa shape index (κ3) is 3.88. The normalized spacial score (nSPS) is 12.2. The molecule has 6 heteroatoms. The molecule has 1 heterocycles. The van der Waals surface area contributed by atoms with Crippen LogP contribution in [0.15, 0.2) is 0 Å². The van der Waals surface area contributed by atoms with Crippen molar-refractivity contribution < 1.29 is 8.78 Å². The molecular weight excluding hydrogens is 256 g/mol. The van der Waals surface area contributed by atoms with E-state index in [4.69, 9.17) is 0 Å². The van der Waals surface area contributed by atoms with E-state index in [1.54, 1.807) is 7.05 Å². The first-order valence-electron chi connectivity index (χ1n) is 5.89. The highest BCUT2D eigenvalue weighted by Gasteiger charge is 2.24. The van der Waals surface area contributed by atoms with Crippen LogP contribution in [0.5, 0.6) is 0 Å². The van der Waals surface area contributed by atoms with Gasteiger partial charge in [-0.1, -0.05) is 20.8 Å². The summed E-state index contributed by atoms with van der Waals surface area (Å²) in [6.07, 6.45) is -2.34. The molecule has 0 aliphatic heterocycles. The van der Waals surface area contributed by atoms with Gasteiger partial charge in [-0.3, -0.25) is 0 Å². The average molecular weight is 277 g/mol. The van der Waals surface area contributed by atoms with E-state index in [0.717, 1.165) is 10.6 Å². The predicted octanol–water partition coefficient (Wildman–Crippen LogP) is 2.86. The molecule has 0 saturated carbocycles. The number of hydrogen-bond acceptors (Lipinski definition) is 4. The van der Waals surface area contributed by atoms with Gasteiger partial charge in [-0.2, -0.15) is 0 Å². The van der Waals surface area contributed by atoms with Gasteiger partial charge in [0.25, 0.3) is 6.43 Å². The van der Waals surface area contributed by atoms with E-state index in [1.807, 2.05) is 7.05 Å². The highest BCUT2D eigenvalue weighted by molar-refractivity contribution is 7.15. The zero-order valence-electron chi connectivity index (χ0n) is 11.6. The lowest BCUT2D eigenvalue weighted by atomic mass is 9.91. The van der Waals surface area contributed by atoms with Crippen LogP contribution in [0.25, 0.3) is 0 Å². The van der Waals surface area contributed by atoms with Crippen molar-refractivity contribution in [3.05, 3.63) is 10.6 Å². The van der Waals surface area contributed by atoms with E-state index in [0.29, 0.717) is 11.7 Å². The SMILES string of the molecule is CNCc1sc(N(C)CC(F)F)nc1C(C)(C)C. The van der Waals surface area contributed by atoms with E-state index < -0.39 is 6.43 Å². The zero-order valence-corrected chi connectivity index (χ0v) is 12.4. The Balaban J connectivity index is 3.02. The number of nitrogens with zero attached hydrogens (tertiary/aromatic N) is 2. The second-order valence-electron chi connectivity index (χ2n) is 5.32. The summed E-state index contributed by atoms with van der Waals surface area (Å²) in [6.45, 7) is 6.68. The van der Waals surface area contributed by atoms with E-state index in [2.05, 4.69) is 31.1 Å². The molecule has 0 unspecified atom stereocenters. The summed E-state index contributed by atoms with van der Waals surface area (Å²) in [5, 5.41) is 3.75. The molecule has 0 fully saturated rings. The minimum absolute atomic E-state index is 0.0768. The molecular formula is C12H21F2N3S. The van der Waals surface area contributed by atoms with Crippen molar-refractivity contribution in [2.45, 2.75) is 39.2 Å². The fraction of sp³-hybridized carbons (Fsp3) is 0.750.